The van der Waals surface area contributed by atoms with E-state index >= 15 is 0 Å². The van der Waals surface area contributed by atoms with Gasteiger partial charge < -0.3 is 10.6 Å². The summed E-state index contributed by atoms with van der Waals surface area (Å²) in [6.07, 6.45) is 2.48. The van der Waals surface area contributed by atoms with Crippen LogP contribution in [0.15, 0.2) is 29.3 Å². The summed E-state index contributed by atoms with van der Waals surface area (Å²) in [5.74, 6) is 1.93. The van der Waals surface area contributed by atoms with Crippen molar-refractivity contribution in [1.82, 2.24) is 15.4 Å². The highest BCUT2D eigenvalue weighted by molar-refractivity contribution is 8.00. The lowest BCUT2D eigenvalue weighted by molar-refractivity contribution is 0.568. The SMILES string of the molecule is CN=C(NCc1ccccc1CS(=O)(=O)NC(C)C)NCC1(C)CCCS1. The van der Waals surface area contributed by atoms with E-state index in [1.165, 1.54) is 18.6 Å². The Balaban J connectivity index is 1.96. The van der Waals surface area contributed by atoms with Gasteiger partial charge in [-0.25, -0.2) is 13.1 Å². The van der Waals surface area contributed by atoms with Crippen LogP contribution in [-0.4, -0.2) is 44.5 Å². The molecule has 0 radical (unpaired) electrons. The second-order valence-electron chi connectivity index (χ2n) is 7.48. The molecule has 1 aliphatic heterocycles. The van der Waals surface area contributed by atoms with Gasteiger partial charge in [0, 0.05) is 30.9 Å². The number of nitrogens with one attached hydrogen (secondary N) is 3. The highest BCUT2D eigenvalue weighted by atomic mass is 32.2. The lowest BCUT2D eigenvalue weighted by Crippen LogP contribution is -2.43. The molecule has 1 atom stereocenters. The maximum absolute atomic E-state index is 12.3. The number of rotatable bonds is 8. The van der Waals surface area contributed by atoms with Gasteiger partial charge in [0.1, 0.15) is 0 Å². The van der Waals surface area contributed by atoms with E-state index in [0.717, 1.165) is 23.6 Å². The van der Waals surface area contributed by atoms with Gasteiger partial charge in [-0.05, 0) is 50.5 Å². The van der Waals surface area contributed by atoms with Gasteiger partial charge in [0.25, 0.3) is 0 Å². The van der Waals surface area contributed by atoms with Crippen LogP contribution in [-0.2, 0) is 22.3 Å². The summed E-state index contributed by atoms with van der Waals surface area (Å²) in [5, 5.41) is 6.71. The van der Waals surface area contributed by atoms with Gasteiger partial charge in [0.05, 0.1) is 5.75 Å². The van der Waals surface area contributed by atoms with Crippen molar-refractivity contribution in [3.8, 4) is 0 Å². The van der Waals surface area contributed by atoms with Crippen molar-refractivity contribution in [1.29, 1.82) is 0 Å². The predicted octanol–water partition coefficient (Wildman–Crippen LogP) is 2.47. The Labute approximate surface area is 168 Å². The Kier molecular flexibility index (Phi) is 8.00. The van der Waals surface area contributed by atoms with Gasteiger partial charge in [-0.2, -0.15) is 11.8 Å². The molecule has 0 saturated carbocycles. The molecule has 1 unspecified atom stereocenters. The first-order valence-corrected chi connectivity index (χ1v) is 12.0. The summed E-state index contributed by atoms with van der Waals surface area (Å²) >= 11 is 2.01. The third kappa shape index (κ3) is 7.35. The summed E-state index contributed by atoms with van der Waals surface area (Å²) in [7, 11) is -1.60. The van der Waals surface area contributed by atoms with Crippen molar-refractivity contribution < 1.29 is 8.42 Å². The number of hydrogen-bond donors (Lipinski definition) is 3. The van der Waals surface area contributed by atoms with Gasteiger partial charge in [-0.15, -0.1) is 0 Å². The first-order valence-electron chi connectivity index (χ1n) is 9.38. The lowest BCUT2D eigenvalue weighted by Gasteiger charge is -2.24. The molecule has 1 saturated heterocycles. The van der Waals surface area contributed by atoms with Gasteiger partial charge in [0.2, 0.25) is 10.0 Å². The Morgan fingerprint density at radius 3 is 2.56 bits per heavy atom. The fraction of sp³-hybridized carbons (Fsp3) is 0.632. The molecule has 1 aliphatic rings. The molecule has 1 aromatic rings. The predicted molar refractivity (Wildman–Crippen MR) is 116 cm³/mol. The quantitative estimate of drug-likeness (QED) is 0.451. The van der Waals surface area contributed by atoms with Crippen LogP contribution in [0.1, 0.15) is 44.7 Å². The van der Waals surface area contributed by atoms with E-state index < -0.39 is 10.0 Å². The standard InChI is InChI=1S/C19H32N4O2S2/c1-15(2)23-27(24,25)13-17-9-6-5-8-16(17)12-21-18(20-4)22-14-19(3)10-7-11-26-19/h5-6,8-9,15,23H,7,10-14H2,1-4H3,(H2,20,21,22). The molecule has 152 valence electrons. The van der Waals surface area contributed by atoms with Crippen molar-refractivity contribution in [2.24, 2.45) is 4.99 Å². The van der Waals surface area contributed by atoms with Gasteiger partial charge in [0.15, 0.2) is 5.96 Å². The van der Waals surface area contributed by atoms with Gasteiger partial charge >= 0.3 is 0 Å². The topological polar surface area (TPSA) is 82.6 Å². The molecule has 1 aromatic carbocycles. The number of thioether (sulfide) groups is 1. The molecule has 0 bridgehead atoms. The number of nitrogens with zero attached hydrogens (tertiary/aromatic N) is 1. The van der Waals surface area contributed by atoms with Crippen molar-refractivity contribution >= 4 is 27.7 Å². The molecule has 0 amide bonds. The van der Waals surface area contributed by atoms with Crippen molar-refractivity contribution in [3.05, 3.63) is 35.4 Å². The van der Waals surface area contributed by atoms with Crippen LogP contribution in [0.2, 0.25) is 0 Å². The van der Waals surface area contributed by atoms with E-state index in [1.807, 2.05) is 49.9 Å². The summed E-state index contributed by atoms with van der Waals surface area (Å²) in [6.45, 7) is 7.32. The Bertz CT molecular complexity index is 742. The van der Waals surface area contributed by atoms with Crippen LogP contribution in [0, 0.1) is 0 Å². The molecule has 3 N–H and O–H groups in total. The molecule has 0 aromatic heterocycles. The molecule has 8 heteroatoms. The molecule has 6 nitrogen and oxygen atoms in total. The average Bonchev–Trinajstić information content (AvgIpc) is 3.01. The highest BCUT2D eigenvalue weighted by Gasteiger charge is 2.29. The fourth-order valence-corrected chi connectivity index (χ4v) is 5.86. The molecule has 1 heterocycles. The minimum atomic E-state index is -3.36. The Morgan fingerprint density at radius 2 is 1.96 bits per heavy atom. The molecular weight excluding hydrogens is 380 g/mol. The van der Waals surface area contributed by atoms with E-state index in [4.69, 9.17) is 0 Å². The zero-order chi connectivity index (χ0) is 19.9. The lowest BCUT2D eigenvalue weighted by atomic mass is 10.1. The van der Waals surface area contributed by atoms with Crippen LogP contribution in [0.5, 0.6) is 0 Å². The summed E-state index contributed by atoms with van der Waals surface area (Å²) in [5.41, 5.74) is 1.75. The number of hydrogen-bond acceptors (Lipinski definition) is 4. The van der Waals surface area contributed by atoms with E-state index in [1.54, 1.807) is 7.05 Å². The Morgan fingerprint density at radius 1 is 1.26 bits per heavy atom. The van der Waals surface area contributed by atoms with Crippen molar-refractivity contribution in [2.75, 3.05) is 19.3 Å². The first kappa shape index (κ1) is 22.0. The van der Waals surface area contributed by atoms with E-state index in [0.29, 0.717) is 6.54 Å². The summed E-state index contributed by atoms with van der Waals surface area (Å²) in [4.78, 5) is 4.29. The second-order valence-corrected chi connectivity index (χ2v) is 10.9. The monoisotopic (exact) mass is 412 g/mol. The van der Waals surface area contributed by atoms with Crippen LogP contribution < -0.4 is 15.4 Å². The summed E-state index contributed by atoms with van der Waals surface area (Å²) in [6, 6.07) is 7.50. The zero-order valence-corrected chi connectivity index (χ0v) is 18.3. The third-order valence-corrected chi connectivity index (χ3v) is 7.54. The van der Waals surface area contributed by atoms with Gasteiger partial charge in [-0.3, -0.25) is 4.99 Å². The molecule has 2 rings (SSSR count). The minimum absolute atomic E-state index is 0.0240. The maximum Gasteiger partial charge on any atom is 0.216 e. The number of benzene rings is 1. The first-order chi connectivity index (χ1) is 12.7. The van der Waals surface area contributed by atoms with Crippen molar-refractivity contribution in [2.45, 2.75) is 56.7 Å². The largest absolute Gasteiger partial charge is 0.355 e. The number of aliphatic imine (C=N–C) groups is 1. The fourth-order valence-electron chi connectivity index (χ4n) is 3.12. The molecule has 0 spiro atoms. The molecule has 0 aliphatic carbocycles. The van der Waals surface area contributed by atoms with E-state index in [-0.39, 0.29) is 16.5 Å². The Hall–Kier alpha value is -1.25. The smallest absolute Gasteiger partial charge is 0.216 e. The average molecular weight is 413 g/mol. The number of guanidine groups is 1. The van der Waals surface area contributed by atoms with E-state index in [9.17, 15) is 8.42 Å². The summed E-state index contributed by atoms with van der Waals surface area (Å²) < 4.78 is 27.4. The highest BCUT2D eigenvalue weighted by Crippen LogP contribution is 2.36. The molecule has 1 fully saturated rings. The zero-order valence-electron chi connectivity index (χ0n) is 16.7. The van der Waals surface area contributed by atoms with Crippen LogP contribution in [0.3, 0.4) is 0 Å². The third-order valence-electron chi connectivity index (χ3n) is 4.48. The van der Waals surface area contributed by atoms with Crippen LogP contribution in [0.4, 0.5) is 0 Å². The number of sulfonamides is 1. The molecule has 27 heavy (non-hydrogen) atoms. The second kappa shape index (κ2) is 9.80. The normalized spacial score (nSPS) is 20.9. The van der Waals surface area contributed by atoms with E-state index in [2.05, 4.69) is 27.3 Å². The minimum Gasteiger partial charge on any atom is -0.355 e. The van der Waals surface area contributed by atoms with Gasteiger partial charge in [-0.1, -0.05) is 24.3 Å². The van der Waals surface area contributed by atoms with Crippen LogP contribution >= 0.6 is 11.8 Å². The molecular formula is C19H32N4O2S2. The maximum atomic E-state index is 12.3. The van der Waals surface area contributed by atoms with Crippen LogP contribution in [0.25, 0.3) is 0 Å². The van der Waals surface area contributed by atoms with Crippen molar-refractivity contribution in [3.63, 3.8) is 0 Å².